The largest absolute Gasteiger partial charge is 1.00 e. The molecule has 0 aliphatic rings. The Labute approximate surface area is 130 Å². The van der Waals surface area contributed by atoms with Gasteiger partial charge in [-0.25, -0.2) is 13.2 Å². The standard InChI is InChI=1S/C8H4BF6.K/c10-6-2-1-5(7(11)8(6)12)3-4-9(13,14)15;/h1-4H;/q-1;+1/b4-3+;. The molecule has 0 fully saturated rings. The first-order chi connectivity index (χ1) is 6.81. The first-order valence-electron chi connectivity index (χ1n) is 3.84. The molecule has 0 aliphatic heterocycles. The monoisotopic (exact) mass is 264 g/mol. The third-order valence-electron chi connectivity index (χ3n) is 1.56. The molecule has 82 valence electrons. The van der Waals surface area contributed by atoms with Gasteiger partial charge >= 0.3 is 58.4 Å². The summed E-state index contributed by atoms with van der Waals surface area (Å²) in [6, 6.07) is 1.29. The van der Waals surface area contributed by atoms with Crippen LogP contribution in [0.25, 0.3) is 6.08 Å². The smallest absolute Gasteiger partial charge is 0.445 e. The fourth-order valence-corrected chi connectivity index (χ4v) is 0.882. The van der Waals surface area contributed by atoms with Crippen LogP contribution < -0.4 is 51.4 Å². The van der Waals surface area contributed by atoms with Crippen molar-refractivity contribution in [2.24, 2.45) is 0 Å². The van der Waals surface area contributed by atoms with Gasteiger partial charge in [0, 0.05) is 5.56 Å². The van der Waals surface area contributed by atoms with Gasteiger partial charge < -0.3 is 12.9 Å². The normalized spacial score (nSPS) is 11.6. The maximum atomic E-state index is 12.8. The second kappa shape index (κ2) is 6.25. The van der Waals surface area contributed by atoms with E-state index in [1.165, 1.54) is 0 Å². The van der Waals surface area contributed by atoms with Crippen LogP contribution in [0.1, 0.15) is 5.56 Å². The molecule has 0 heterocycles. The molecule has 1 aromatic rings. The summed E-state index contributed by atoms with van der Waals surface area (Å²) in [7, 11) is 0. The van der Waals surface area contributed by atoms with E-state index >= 15 is 0 Å². The summed E-state index contributed by atoms with van der Waals surface area (Å²) in [6.07, 6.45) is 0.359. The van der Waals surface area contributed by atoms with Crippen LogP contribution in [0.5, 0.6) is 0 Å². The summed E-state index contributed by atoms with van der Waals surface area (Å²) in [5, 5.41) is 0. The molecular weight excluding hydrogens is 260 g/mol. The third-order valence-corrected chi connectivity index (χ3v) is 1.56. The van der Waals surface area contributed by atoms with Gasteiger partial charge in [0.15, 0.2) is 17.5 Å². The molecule has 0 unspecified atom stereocenters. The van der Waals surface area contributed by atoms with E-state index in [2.05, 4.69) is 0 Å². The minimum absolute atomic E-state index is 0. The second-order valence-electron chi connectivity index (χ2n) is 2.75. The molecule has 16 heavy (non-hydrogen) atoms. The minimum atomic E-state index is -5.23. The van der Waals surface area contributed by atoms with Gasteiger partial charge in [0.05, 0.1) is 0 Å². The van der Waals surface area contributed by atoms with Crippen LogP contribution in [-0.2, 0) is 0 Å². The molecule has 0 nitrogen and oxygen atoms in total. The average Bonchev–Trinajstić information content (AvgIpc) is 2.12. The Hall–Kier alpha value is 0.241. The van der Waals surface area contributed by atoms with Gasteiger partial charge in [-0.05, 0) is 12.1 Å². The SMILES string of the molecule is Fc1ccc(/C=C/[B-](F)(F)F)c(F)c1F.[K+]. The fourth-order valence-electron chi connectivity index (χ4n) is 0.882. The van der Waals surface area contributed by atoms with Gasteiger partial charge in [0.2, 0.25) is 0 Å². The second-order valence-corrected chi connectivity index (χ2v) is 2.75. The molecule has 0 N–H and O–H groups in total. The molecule has 0 radical (unpaired) electrons. The summed E-state index contributed by atoms with van der Waals surface area (Å²) in [5.41, 5.74) is -0.645. The zero-order valence-electron chi connectivity index (χ0n) is 8.15. The van der Waals surface area contributed by atoms with Crippen LogP contribution in [0.3, 0.4) is 0 Å². The quantitative estimate of drug-likeness (QED) is 0.415. The number of halogens is 6. The Morgan fingerprint density at radius 3 is 2.00 bits per heavy atom. The summed E-state index contributed by atoms with van der Waals surface area (Å²) in [6.45, 7) is -5.23. The van der Waals surface area contributed by atoms with Crippen molar-refractivity contribution in [3.05, 3.63) is 41.1 Å². The van der Waals surface area contributed by atoms with E-state index in [0.717, 1.165) is 6.07 Å². The molecule has 8 heteroatoms. The number of rotatable bonds is 2. The Balaban J connectivity index is 0.00000225. The van der Waals surface area contributed by atoms with Gasteiger partial charge in [-0.3, -0.25) is 0 Å². The minimum Gasteiger partial charge on any atom is -0.445 e. The van der Waals surface area contributed by atoms with Crippen molar-refractivity contribution in [1.82, 2.24) is 0 Å². The molecule has 0 aliphatic carbocycles. The predicted molar refractivity (Wildman–Crippen MR) is 44.4 cm³/mol. The summed E-state index contributed by atoms with van der Waals surface area (Å²) in [5.74, 6) is -5.06. The van der Waals surface area contributed by atoms with E-state index in [9.17, 15) is 26.1 Å². The molecule has 0 amide bonds. The summed E-state index contributed by atoms with van der Waals surface area (Å²) < 4.78 is 73.0. The summed E-state index contributed by atoms with van der Waals surface area (Å²) >= 11 is 0. The van der Waals surface area contributed by atoms with Crippen molar-refractivity contribution in [3.8, 4) is 0 Å². The molecule has 1 rings (SSSR count). The van der Waals surface area contributed by atoms with Crippen molar-refractivity contribution < 1.29 is 77.5 Å². The molecule has 0 spiro atoms. The molecule has 1 aromatic carbocycles. The average molecular weight is 264 g/mol. The van der Waals surface area contributed by atoms with Crippen molar-refractivity contribution in [3.63, 3.8) is 0 Å². The van der Waals surface area contributed by atoms with E-state index in [1.807, 2.05) is 0 Å². The van der Waals surface area contributed by atoms with Crippen molar-refractivity contribution >= 4 is 13.1 Å². The molecule has 0 bridgehead atoms. The van der Waals surface area contributed by atoms with Gasteiger partial charge in [-0.2, -0.15) is 0 Å². The maximum absolute atomic E-state index is 12.8. The molecule has 0 saturated heterocycles. The van der Waals surface area contributed by atoms with Crippen LogP contribution >= 0.6 is 0 Å². The van der Waals surface area contributed by atoms with Crippen LogP contribution in [-0.4, -0.2) is 6.98 Å². The van der Waals surface area contributed by atoms with Gasteiger partial charge in [-0.15, -0.1) is 5.98 Å². The van der Waals surface area contributed by atoms with Crippen LogP contribution in [0, 0.1) is 17.5 Å². The maximum Gasteiger partial charge on any atom is 1.00 e. The Morgan fingerprint density at radius 2 is 1.50 bits per heavy atom. The molecular formula is C8H4BF6K. The van der Waals surface area contributed by atoms with Gasteiger partial charge in [-0.1, -0.05) is 6.08 Å². The van der Waals surface area contributed by atoms with Gasteiger partial charge in [0.25, 0.3) is 0 Å². The molecule has 0 aromatic heterocycles. The first kappa shape index (κ1) is 16.2. The Bertz CT molecular complexity index is 400. The molecule has 0 atom stereocenters. The van der Waals surface area contributed by atoms with Crippen molar-refractivity contribution in [1.29, 1.82) is 0 Å². The van der Waals surface area contributed by atoms with Crippen molar-refractivity contribution in [2.45, 2.75) is 0 Å². The Morgan fingerprint density at radius 1 is 0.938 bits per heavy atom. The van der Waals surface area contributed by atoms with Crippen molar-refractivity contribution in [2.75, 3.05) is 0 Å². The summed E-state index contributed by atoms with van der Waals surface area (Å²) in [4.78, 5) is 0. The first-order valence-corrected chi connectivity index (χ1v) is 3.84. The number of hydrogen-bond acceptors (Lipinski definition) is 0. The predicted octanol–water partition coefficient (Wildman–Crippen LogP) is 0.508. The van der Waals surface area contributed by atoms with E-state index in [1.54, 1.807) is 0 Å². The third kappa shape index (κ3) is 4.62. The zero-order chi connectivity index (χ0) is 11.6. The zero-order valence-corrected chi connectivity index (χ0v) is 11.3. The van der Waals surface area contributed by atoms with E-state index in [-0.39, 0.29) is 57.4 Å². The van der Waals surface area contributed by atoms with Gasteiger partial charge in [0.1, 0.15) is 0 Å². The van der Waals surface area contributed by atoms with Crippen LogP contribution in [0.4, 0.5) is 26.1 Å². The topological polar surface area (TPSA) is 0 Å². The molecule has 0 saturated carbocycles. The van der Waals surface area contributed by atoms with Crippen LogP contribution in [0.15, 0.2) is 18.1 Å². The van der Waals surface area contributed by atoms with Crippen LogP contribution in [0.2, 0.25) is 0 Å². The Kier molecular flexibility index (Phi) is 6.34. The fraction of sp³-hybridized carbons (Fsp3) is 0. The van der Waals surface area contributed by atoms with E-state index < -0.39 is 30.0 Å². The van der Waals surface area contributed by atoms with E-state index in [4.69, 9.17) is 0 Å². The van der Waals surface area contributed by atoms with E-state index in [0.29, 0.717) is 12.1 Å². The number of benzene rings is 1. The number of hydrogen-bond donors (Lipinski definition) is 0.